The Morgan fingerprint density at radius 2 is 2.05 bits per heavy atom. The summed E-state index contributed by atoms with van der Waals surface area (Å²) in [4.78, 5) is 23.0. The largest absolute Gasteiger partial charge is 0.480 e. The molecule has 0 aromatic heterocycles. The van der Waals surface area contributed by atoms with Gasteiger partial charge in [-0.15, -0.1) is 0 Å². The van der Waals surface area contributed by atoms with Crippen LogP contribution in [0, 0.1) is 5.92 Å². The number of carboxylic acids is 1. The predicted octanol–water partition coefficient (Wildman–Crippen LogP) is 1.71. The van der Waals surface area contributed by atoms with E-state index in [1.54, 1.807) is 19.1 Å². The van der Waals surface area contributed by atoms with Crippen LogP contribution in [0.3, 0.4) is 0 Å². The highest BCUT2D eigenvalue weighted by molar-refractivity contribution is 5.82. The Balaban J connectivity index is 1.88. The topological polar surface area (TPSA) is 96.9 Å². The van der Waals surface area contributed by atoms with Gasteiger partial charge in [0, 0.05) is 6.54 Å². The van der Waals surface area contributed by atoms with Gasteiger partial charge >= 0.3 is 12.0 Å². The molecule has 3 N–H and O–H groups in total. The summed E-state index contributed by atoms with van der Waals surface area (Å²) in [6.45, 7) is 4.14. The van der Waals surface area contributed by atoms with Crippen LogP contribution in [0.25, 0.3) is 0 Å². The molecule has 2 rings (SSSR count). The maximum Gasteiger partial charge on any atom is 0.326 e. The number of ether oxygens (including phenoxy) is 2. The molecule has 2 amide bonds. The van der Waals surface area contributed by atoms with Gasteiger partial charge in [0.1, 0.15) is 6.04 Å². The van der Waals surface area contributed by atoms with Crippen LogP contribution in [0.2, 0.25) is 0 Å². The zero-order valence-corrected chi connectivity index (χ0v) is 12.6. The van der Waals surface area contributed by atoms with Crippen molar-refractivity contribution in [1.29, 1.82) is 0 Å². The number of carboxylic acid groups (broad SMARTS) is 1. The van der Waals surface area contributed by atoms with E-state index in [9.17, 15) is 9.59 Å². The van der Waals surface area contributed by atoms with Gasteiger partial charge in [0.25, 0.3) is 0 Å². The Bertz CT molecular complexity index is 561. The highest BCUT2D eigenvalue weighted by Crippen LogP contribution is 2.32. The predicted molar refractivity (Wildman–Crippen MR) is 78.8 cm³/mol. The number of fused-ring (bicyclic) bond motifs is 1. The molecule has 1 aromatic rings. The molecule has 0 bridgehead atoms. The number of carbonyl (C=O) groups excluding carboxylic acids is 1. The van der Waals surface area contributed by atoms with Gasteiger partial charge in [-0.25, -0.2) is 9.59 Å². The Hall–Kier alpha value is -2.44. The molecule has 1 aliphatic rings. The lowest BCUT2D eigenvalue weighted by atomic mass is 9.99. The van der Waals surface area contributed by atoms with Crippen LogP contribution < -0.4 is 20.1 Å². The number of nitrogens with one attached hydrogen (secondary N) is 2. The van der Waals surface area contributed by atoms with Crippen LogP contribution in [0.15, 0.2) is 18.2 Å². The number of aliphatic carboxylic acids is 1. The molecule has 0 aliphatic carbocycles. The molecule has 1 heterocycles. The Morgan fingerprint density at radius 1 is 1.32 bits per heavy atom. The van der Waals surface area contributed by atoms with E-state index in [1.807, 2.05) is 13.0 Å². The fraction of sp³-hybridized carbons (Fsp3) is 0.467. The van der Waals surface area contributed by atoms with E-state index in [-0.39, 0.29) is 19.3 Å². The third kappa shape index (κ3) is 3.81. The third-order valence-corrected chi connectivity index (χ3v) is 3.66. The molecule has 0 spiro atoms. The quantitative estimate of drug-likeness (QED) is 0.743. The van der Waals surface area contributed by atoms with Gasteiger partial charge in [-0.3, -0.25) is 0 Å². The molecule has 0 saturated heterocycles. The minimum atomic E-state index is -1.03. The van der Waals surface area contributed by atoms with Crippen molar-refractivity contribution in [1.82, 2.24) is 10.6 Å². The molecule has 2 atom stereocenters. The van der Waals surface area contributed by atoms with Crippen molar-refractivity contribution in [2.24, 2.45) is 5.92 Å². The third-order valence-electron chi connectivity index (χ3n) is 3.66. The first kappa shape index (κ1) is 15.9. The van der Waals surface area contributed by atoms with Crippen molar-refractivity contribution in [2.75, 3.05) is 6.79 Å². The van der Waals surface area contributed by atoms with Crippen molar-refractivity contribution in [3.8, 4) is 11.5 Å². The van der Waals surface area contributed by atoms with Gasteiger partial charge in [0.2, 0.25) is 6.79 Å². The summed E-state index contributed by atoms with van der Waals surface area (Å²) in [7, 11) is 0. The van der Waals surface area contributed by atoms with Gasteiger partial charge in [0.15, 0.2) is 11.5 Å². The fourth-order valence-electron chi connectivity index (χ4n) is 2.11. The van der Waals surface area contributed by atoms with Gasteiger partial charge in [-0.1, -0.05) is 26.3 Å². The molecular weight excluding hydrogens is 288 g/mol. The lowest BCUT2D eigenvalue weighted by molar-refractivity contribution is -0.140. The van der Waals surface area contributed by atoms with Gasteiger partial charge in [0.05, 0.1) is 0 Å². The van der Waals surface area contributed by atoms with Crippen molar-refractivity contribution in [3.63, 3.8) is 0 Å². The standard InChI is InChI=1S/C15H20N2O5/c1-3-9(2)13(14(18)19)17-15(20)16-7-10-4-5-11-12(6-10)22-8-21-11/h4-6,9,13H,3,7-8H2,1-2H3,(H,18,19)(H2,16,17,20)/t9-,13-/m0/s1. The summed E-state index contributed by atoms with van der Waals surface area (Å²) in [5, 5.41) is 14.3. The molecule has 1 aromatic carbocycles. The van der Waals surface area contributed by atoms with Crippen molar-refractivity contribution < 1.29 is 24.2 Å². The number of carbonyl (C=O) groups is 2. The number of hydrogen-bond acceptors (Lipinski definition) is 4. The van der Waals surface area contributed by atoms with Crippen LogP contribution in [0.4, 0.5) is 4.79 Å². The summed E-state index contributed by atoms with van der Waals surface area (Å²) in [5.74, 6) is 0.139. The molecule has 0 unspecified atom stereocenters. The van der Waals surface area contributed by atoms with E-state index < -0.39 is 18.0 Å². The molecule has 0 fully saturated rings. The van der Waals surface area contributed by atoms with Gasteiger partial charge in [-0.05, 0) is 23.6 Å². The zero-order chi connectivity index (χ0) is 16.1. The minimum absolute atomic E-state index is 0.145. The second-order valence-electron chi connectivity index (χ2n) is 5.22. The number of benzene rings is 1. The molecule has 7 nitrogen and oxygen atoms in total. The van der Waals surface area contributed by atoms with Crippen molar-refractivity contribution in [3.05, 3.63) is 23.8 Å². The first-order valence-electron chi connectivity index (χ1n) is 7.17. The van der Waals surface area contributed by atoms with E-state index in [0.717, 1.165) is 5.56 Å². The second-order valence-corrected chi connectivity index (χ2v) is 5.22. The summed E-state index contributed by atoms with van der Waals surface area (Å²) in [6, 6.07) is 3.96. The fourth-order valence-corrected chi connectivity index (χ4v) is 2.11. The molecule has 1 aliphatic heterocycles. The molecular formula is C15H20N2O5. The van der Waals surface area contributed by atoms with Gasteiger partial charge in [-0.2, -0.15) is 0 Å². The average molecular weight is 308 g/mol. The minimum Gasteiger partial charge on any atom is -0.480 e. The summed E-state index contributed by atoms with van der Waals surface area (Å²) >= 11 is 0. The SMILES string of the molecule is CC[C@H](C)[C@H](NC(=O)NCc1ccc2c(c1)OCO2)C(=O)O. The Kier molecular flexibility index (Phi) is 5.08. The Labute approximate surface area is 128 Å². The molecule has 0 saturated carbocycles. The lowest BCUT2D eigenvalue weighted by Crippen LogP contribution is -2.48. The smallest absolute Gasteiger partial charge is 0.326 e. The number of amides is 2. The van der Waals surface area contributed by atoms with E-state index >= 15 is 0 Å². The number of rotatable bonds is 6. The molecule has 7 heteroatoms. The summed E-state index contributed by atoms with van der Waals surface area (Å²) < 4.78 is 10.5. The summed E-state index contributed by atoms with van der Waals surface area (Å²) in [5.41, 5.74) is 0.842. The lowest BCUT2D eigenvalue weighted by Gasteiger charge is -2.20. The average Bonchev–Trinajstić information content (AvgIpc) is 2.97. The second kappa shape index (κ2) is 7.02. The first-order valence-corrected chi connectivity index (χ1v) is 7.17. The van der Waals surface area contributed by atoms with E-state index in [0.29, 0.717) is 17.9 Å². The van der Waals surface area contributed by atoms with Crippen molar-refractivity contribution in [2.45, 2.75) is 32.9 Å². The van der Waals surface area contributed by atoms with Crippen molar-refractivity contribution >= 4 is 12.0 Å². The van der Waals surface area contributed by atoms with Crippen LogP contribution in [0.1, 0.15) is 25.8 Å². The Morgan fingerprint density at radius 3 is 2.73 bits per heavy atom. The van der Waals surface area contributed by atoms with Gasteiger partial charge < -0.3 is 25.2 Å². The number of hydrogen-bond donors (Lipinski definition) is 3. The van der Waals surface area contributed by atoms with E-state index in [1.165, 1.54) is 0 Å². The van der Waals surface area contributed by atoms with E-state index in [4.69, 9.17) is 14.6 Å². The maximum atomic E-state index is 11.8. The van der Waals surface area contributed by atoms with E-state index in [2.05, 4.69) is 10.6 Å². The highest BCUT2D eigenvalue weighted by Gasteiger charge is 2.25. The maximum absolute atomic E-state index is 11.8. The molecule has 0 radical (unpaired) electrons. The van der Waals surface area contributed by atoms with Crippen LogP contribution in [-0.4, -0.2) is 29.9 Å². The monoisotopic (exact) mass is 308 g/mol. The van der Waals surface area contributed by atoms with Crippen LogP contribution in [-0.2, 0) is 11.3 Å². The molecule has 22 heavy (non-hydrogen) atoms. The van der Waals surface area contributed by atoms with Crippen LogP contribution >= 0.6 is 0 Å². The van der Waals surface area contributed by atoms with Crippen LogP contribution in [0.5, 0.6) is 11.5 Å². The normalized spacial score (nSPS) is 15.0. The molecule has 120 valence electrons. The highest BCUT2D eigenvalue weighted by atomic mass is 16.7. The first-order chi connectivity index (χ1) is 10.5. The zero-order valence-electron chi connectivity index (χ0n) is 12.6. The summed E-state index contributed by atoms with van der Waals surface area (Å²) in [6.07, 6.45) is 0.666. The number of urea groups is 1.